The third-order valence-corrected chi connectivity index (χ3v) is 4.25. The van der Waals surface area contributed by atoms with Crippen molar-refractivity contribution in [2.24, 2.45) is 0 Å². The van der Waals surface area contributed by atoms with Gasteiger partial charge in [0.15, 0.2) is 0 Å². The fourth-order valence-corrected chi connectivity index (χ4v) is 2.96. The molecule has 3 aromatic rings. The van der Waals surface area contributed by atoms with Gasteiger partial charge in [-0.2, -0.15) is 0 Å². The summed E-state index contributed by atoms with van der Waals surface area (Å²) < 4.78 is 11.1. The lowest BCUT2D eigenvalue weighted by Gasteiger charge is -2.18. The van der Waals surface area contributed by atoms with Crippen molar-refractivity contribution in [1.82, 2.24) is 10.2 Å². The number of para-hydroxylation sites is 1. The first-order chi connectivity index (χ1) is 12.5. The highest BCUT2D eigenvalue weighted by Crippen LogP contribution is 2.23. The molecule has 0 fully saturated rings. The van der Waals surface area contributed by atoms with Crippen molar-refractivity contribution in [2.45, 2.75) is 19.5 Å². The number of amides is 1. The maximum Gasteiger partial charge on any atom is 0.234 e. The van der Waals surface area contributed by atoms with Gasteiger partial charge in [-0.15, -0.1) is 0 Å². The predicted molar refractivity (Wildman–Crippen MR) is 102 cm³/mol. The number of fused-ring (bicyclic) bond motifs is 1. The minimum absolute atomic E-state index is 0.0386. The van der Waals surface area contributed by atoms with E-state index in [4.69, 9.17) is 9.15 Å². The number of hydrogen-bond acceptors (Lipinski definition) is 4. The van der Waals surface area contributed by atoms with Crippen LogP contribution < -0.4 is 10.1 Å². The Morgan fingerprint density at radius 3 is 2.77 bits per heavy atom. The molecule has 136 valence electrons. The number of rotatable bonds is 7. The maximum absolute atomic E-state index is 12.3. The molecule has 1 heterocycles. The molecule has 1 N–H and O–H groups in total. The van der Waals surface area contributed by atoms with Crippen LogP contribution in [-0.2, 0) is 11.3 Å². The van der Waals surface area contributed by atoms with Crippen molar-refractivity contribution in [1.29, 1.82) is 0 Å². The van der Waals surface area contributed by atoms with Crippen LogP contribution >= 0.6 is 0 Å². The second-order valence-corrected chi connectivity index (χ2v) is 6.50. The van der Waals surface area contributed by atoms with Crippen LogP contribution in [0.5, 0.6) is 5.75 Å². The summed E-state index contributed by atoms with van der Waals surface area (Å²) >= 11 is 0. The minimum Gasteiger partial charge on any atom is -0.497 e. The third kappa shape index (κ3) is 4.43. The highest BCUT2D eigenvalue weighted by Gasteiger charge is 2.15. The molecule has 1 atom stereocenters. The molecule has 0 saturated heterocycles. The van der Waals surface area contributed by atoms with Gasteiger partial charge >= 0.3 is 0 Å². The summed E-state index contributed by atoms with van der Waals surface area (Å²) in [6.07, 6.45) is 0. The minimum atomic E-state index is -0.180. The molecule has 0 aliphatic carbocycles. The Hall–Kier alpha value is -2.79. The number of ether oxygens (including phenoxy) is 1. The van der Waals surface area contributed by atoms with Crippen LogP contribution in [0, 0.1) is 0 Å². The van der Waals surface area contributed by atoms with E-state index in [1.807, 2.05) is 73.5 Å². The number of hydrogen-bond donors (Lipinski definition) is 1. The van der Waals surface area contributed by atoms with E-state index in [0.717, 1.165) is 28.0 Å². The van der Waals surface area contributed by atoms with Crippen molar-refractivity contribution in [3.05, 3.63) is 65.9 Å². The molecule has 1 unspecified atom stereocenters. The summed E-state index contributed by atoms with van der Waals surface area (Å²) in [6.45, 7) is 2.91. The molecule has 0 aliphatic heterocycles. The molecule has 1 amide bonds. The van der Waals surface area contributed by atoms with Gasteiger partial charge in [-0.3, -0.25) is 9.69 Å². The van der Waals surface area contributed by atoms with Crippen molar-refractivity contribution in [2.75, 3.05) is 20.7 Å². The smallest absolute Gasteiger partial charge is 0.234 e. The lowest BCUT2D eigenvalue weighted by Crippen LogP contribution is -2.36. The van der Waals surface area contributed by atoms with Gasteiger partial charge in [0.25, 0.3) is 0 Å². The Labute approximate surface area is 153 Å². The number of benzene rings is 2. The van der Waals surface area contributed by atoms with Crippen LogP contribution in [0.15, 0.2) is 59.0 Å². The van der Waals surface area contributed by atoms with Gasteiger partial charge < -0.3 is 14.5 Å². The average molecular weight is 352 g/mol. The molecule has 0 aliphatic rings. The first-order valence-electron chi connectivity index (χ1n) is 8.64. The van der Waals surface area contributed by atoms with Gasteiger partial charge in [0, 0.05) is 11.9 Å². The van der Waals surface area contributed by atoms with Gasteiger partial charge in [0.1, 0.15) is 17.1 Å². The first kappa shape index (κ1) is 18.0. The first-order valence-corrected chi connectivity index (χ1v) is 8.64. The highest BCUT2D eigenvalue weighted by atomic mass is 16.5. The Morgan fingerprint density at radius 1 is 1.19 bits per heavy atom. The average Bonchev–Trinajstić information content (AvgIpc) is 3.06. The molecule has 5 nitrogen and oxygen atoms in total. The van der Waals surface area contributed by atoms with E-state index < -0.39 is 0 Å². The third-order valence-electron chi connectivity index (χ3n) is 4.25. The molecular weight excluding hydrogens is 328 g/mol. The second kappa shape index (κ2) is 8.06. The van der Waals surface area contributed by atoms with Gasteiger partial charge in [-0.25, -0.2) is 0 Å². The molecule has 0 radical (unpaired) electrons. The summed E-state index contributed by atoms with van der Waals surface area (Å²) in [7, 11) is 3.57. The Balaban J connectivity index is 1.55. The Bertz CT molecular complexity index is 855. The van der Waals surface area contributed by atoms with Crippen LogP contribution in [0.3, 0.4) is 0 Å². The summed E-state index contributed by atoms with van der Waals surface area (Å²) in [5, 5.41) is 4.04. The number of carbonyl (C=O) groups excluding carboxylic acids is 1. The molecule has 2 aromatic carbocycles. The molecule has 0 saturated carbocycles. The zero-order chi connectivity index (χ0) is 18.5. The van der Waals surface area contributed by atoms with Crippen LogP contribution in [0.1, 0.15) is 24.3 Å². The number of carbonyl (C=O) groups is 1. The van der Waals surface area contributed by atoms with E-state index in [2.05, 4.69) is 5.32 Å². The fraction of sp³-hybridized carbons (Fsp3) is 0.286. The molecule has 0 bridgehead atoms. The van der Waals surface area contributed by atoms with Crippen LogP contribution in [0.2, 0.25) is 0 Å². The standard InChI is InChI=1S/C21H24N2O3/c1-15(20-12-17-8-4-5-10-19(17)26-20)22-21(24)14-23(2)13-16-7-6-9-18(11-16)25-3/h4-12,15H,13-14H2,1-3H3,(H,22,24). The normalized spacial score (nSPS) is 12.3. The molecule has 3 rings (SSSR count). The van der Waals surface area contributed by atoms with Gasteiger partial charge in [0.2, 0.25) is 5.91 Å². The van der Waals surface area contributed by atoms with Crippen LogP contribution in [0.25, 0.3) is 11.0 Å². The van der Waals surface area contributed by atoms with E-state index in [1.54, 1.807) is 7.11 Å². The lowest BCUT2D eigenvalue weighted by atomic mass is 10.2. The highest BCUT2D eigenvalue weighted by molar-refractivity contribution is 5.80. The fourth-order valence-electron chi connectivity index (χ4n) is 2.96. The van der Waals surface area contributed by atoms with Gasteiger partial charge in [-0.1, -0.05) is 30.3 Å². The van der Waals surface area contributed by atoms with Crippen molar-refractivity contribution in [3.63, 3.8) is 0 Å². The van der Waals surface area contributed by atoms with Crippen molar-refractivity contribution in [3.8, 4) is 5.75 Å². The maximum atomic E-state index is 12.3. The zero-order valence-corrected chi connectivity index (χ0v) is 15.4. The van der Waals surface area contributed by atoms with Gasteiger partial charge in [-0.05, 0) is 43.8 Å². The topological polar surface area (TPSA) is 54.7 Å². The number of likely N-dealkylation sites (N-methyl/N-ethyl adjacent to an activating group) is 1. The monoisotopic (exact) mass is 352 g/mol. The number of methoxy groups -OCH3 is 1. The Kier molecular flexibility index (Phi) is 5.58. The van der Waals surface area contributed by atoms with Gasteiger partial charge in [0.05, 0.1) is 19.7 Å². The van der Waals surface area contributed by atoms with Crippen LogP contribution in [-0.4, -0.2) is 31.5 Å². The molecule has 5 heteroatoms. The van der Waals surface area contributed by atoms with E-state index in [-0.39, 0.29) is 11.9 Å². The Morgan fingerprint density at radius 2 is 2.00 bits per heavy atom. The van der Waals surface area contributed by atoms with E-state index in [9.17, 15) is 4.79 Å². The van der Waals surface area contributed by atoms with Crippen LogP contribution in [0.4, 0.5) is 0 Å². The zero-order valence-electron chi connectivity index (χ0n) is 15.4. The number of nitrogens with one attached hydrogen (secondary N) is 1. The summed E-state index contributed by atoms with van der Waals surface area (Å²) in [5.41, 5.74) is 1.93. The largest absolute Gasteiger partial charge is 0.497 e. The van der Waals surface area contributed by atoms with Crippen molar-refractivity contribution >= 4 is 16.9 Å². The lowest BCUT2D eigenvalue weighted by molar-refractivity contribution is -0.122. The molecule has 1 aromatic heterocycles. The number of nitrogens with zero attached hydrogens (tertiary/aromatic N) is 1. The summed E-state index contributed by atoms with van der Waals surface area (Å²) in [5.74, 6) is 1.54. The van der Waals surface area contributed by atoms with Crippen molar-refractivity contribution < 1.29 is 13.9 Å². The van der Waals surface area contributed by atoms with E-state index in [1.165, 1.54) is 0 Å². The SMILES string of the molecule is COc1cccc(CN(C)CC(=O)NC(C)c2cc3ccccc3o2)c1. The van der Waals surface area contributed by atoms with E-state index >= 15 is 0 Å². The predicted octanol–water partition coefficient (Wildman–Crippen LogP) is 3.75. The summed E-state index contributed by atoms with van der Waals surface area (Å²) in [6, 6.07) is 17.5. The van der Waals surface area contributed by atoms with E-state index in [0.29, 0.717) is 13.1 Å². The number of furan rings is 1. The second-order valence-electron chi connectivity index (χ2n) is 6.50. The quantitative estimate of drug-likeness (QED) is 0.704. The summed E-state index contributed by atoms with van der Waals surface area (Å²) in [4.78, 5) is 14.3. The molecule has 0 spiro atoms. The molecular formula is C21H24N2O3. The molecule has 26 heavy (non-hydrogen) atoms.